The first kappa shape index (κ1) is 12.1. The van der Waals surface area contributed by atoms with E-state index < -0.39 is 0 Å². The van der Waals surface area contributed by atoms with Gasteiger partial charge in [0, 0.05) is 19.6 Å². The fraction of sp³-hybridized carbons (Fsp3) is 0.571. The smallest absolute Gasteiger partial charge is 0.144 e. The number of nitrogens with one attached hydrogen (secondary N) is 1. The van der Waals surface area contributed by atoms with E-state index in [1.54, 1.807) is 0 Å². The monoisotopic (exact) mass is 234 g/mol. The van der Waals surface area contributed by atoms with E-state index in [4.69, 9.17) is 4.74 Å². The Labute approximate surface area is 104 Å². The van der Waals surface area contributed by atoms with Crippen molar-refractivity contribution >= 4 is 11.4 Å². The number of nitrogens with zero attached hydrogens (tertiary/aromatic N) is 1. The van der Waals surface area contributed by atoms with Crippen molar-refractivity contribution in [3.8, 4) is 5.75 Å². The lowest BCUT2D eigenvalue weighted by atomic mass is 10.1. The van der Waals surface area contributed by atoms with E-state index in [0.29, 0.717) is 12.5 Å². The molecule has 0 aromatic heterocycles. The van der Waals surface area contributed by atoms with Crippen molar-refractivity contribution in [1.82, 2.24) is 0 Å². The molecule has 1 heterocycles. The molecule has 1 aromatic carbocycles. The minimum Gasteiger partial charge on any atom is -0.492 e. The molecule has 1 N–H and O–H groups in total. The van der Waals surface area contributed by atoms with Crippen LogP contribution in [-0.4, -0.2) is 26.2 Å². The van der Waals surface area contributed by atoms with E-state index in [1.807, 2.05) is 13.0 Å². The van der Waals surface area contributed by atoms with Gasteiger partial charge in [-0.15, -0.1) is 0 Å². The predicted molar refractivity (Wildman–Crippen MR) is 73.2 cm³/mol. The minimum atomic E-state index is 0.677. The van der Waals surface area contributed by atoms with E-state index in [-0.39, 0.29) is 0 Å². The first-order valence-electron chi connectivity index (χ1n) is 6.47. The van der Waals surface area contributed by atoms with Gasteiger partial charge in [0.1, 0.15) is 11.4 Å². The van der Waals surface area contributed by atoms with Crippen molar-refractivity contribution in [3.63, 3.8) is 0 Å². The molecule has 1 aliphatic heterocycles. The second kappa shape index (κ2) is 5.30. The van der Waals surface area contributed by atoms with Gasteiger partial charge in [0.15, 0.2) is 0 Å². The van der Waals surface area contributed by atoms with Gasteiger partial charge in [-0.25, -0.2) is 0 Å². The van der Waals surface area contributed by atoms with Crippen LogP contribution in [0, 0.1) is 5.92 Å². The van der Waals surface area contributed by atoms with E-state index in [2.05, 4.69) is 36.2 Å². The summed E-state index contributed by atoms with van der Waals surface area (Å²) in [7, 11) is 0. The summed E-state index contributed by atoms with van der Waals surface area (Å²) < 4.78 is 5.67. The molecular weight excluding hydrogens is 212 g/mol. The lowest BCUT2D eigenvalue weighted by Crippen LogP contribution is -2.36. The number of fused-ring (bicyclic) bond motifs is 1. The van der Waals surface area contributed by atoms with Gasteiger partial charge in [0.25, 0.3) is 0 Å². The van der Waals surface area contributed by atoms with Crippen LogP contribution < -0.4 is 15.0 Å². The van der Waals surface area contributed by atoms with Crippen LogP contribution >= 0.6 is 0 Å². The fourth-order valence-corrected chi connectivity index (χ4v) is 2.30. The zero-order valence-corrected chi connectivity index (χ0v) is 11.0. The van der Waals surface area contributed by atoms with E-state index >= 15 is 0 Å². The number of para-hydroxylation sites is 1. The Balaban J connectivity index is 2.28. The lowest BCUT2D eigenvalue weighted by molar-refractivity contribution is 0.341. The van der Waals surface area contributed by atoms with E-state index in [0.717, 1.165) is 31.1 Å². The van der Waals surface area contributed by atoms with Crippen molar-refractivity contribution < 1.29 is 4.74 Å². The highest BCUT2D eigenvalue weighted by Gasteiger charge is 2.19. The van der Waals surface area contributed by atoms with Crippen LogP contribution in [0.2, 0.25) is 0 Å². The summed E-state index contributed by atoms with van der Waals surface area (Å²) in [5.74, 6) is 1.65. The van der Waals surface area contributed by atoms with Crippen molar-refractivity contribution in [3.05, 3.63) is 18.2 Å². The van der Waals surface area contributed by atoms with Crippen LogP contribution in [0.1, 0.15) is 20.8 Å². The normalized spacial score (nSPS) is 14.5. The van der Waals surface area contributed by atoms with Gasteiger partial charge in [-0.05, 0) is 25.0 Å². The predicted octanol–water partition coefficient (Wildman–Crippen LogP) is 2.97. The lowest BCUT2D eigenvalue weighted by Gasteiger charge is -2.34. The summed E-state index contributed by atoms with van der Waals surface area (Å²) in [6.07, 6.45) is 0. The van der Waals surface area contributed by atoms with Gasteiger partial charge in [-0.2, -0.15) is 0 Å². The molecule has 0 bridgehead atoms. The molecule has 0 radical (unpaired) electrons. The van der Waals surface area contributed by atoms with E-state index in [9.17, 15) is 0 Å². The van der Waals surface area contributed by atoms with Crippen LogP contribution in [0.15, 0.2) is 18.2 Å². The maximum atomic E-state index is 5.67. The average molecular weight is 234 g/mol. The van der Waals surface area contributed by atoms with E-state index in [1.165, 1.54) is 5.69 Å². The SMILES string of the molecule is CCOc1cccc2c1NCCN2CC(C)C. The molecule has 0 saturated heterocycles. The number of ether oxygens (including phenoxy) is 1. The van der Waals surface area contributed by atoms with Crippen molar-refractivity contribution in [1.29, 1.82) is 0 Å². The highest BCUT2D eigenvalue weighted by atomic mass is 16.5. The first-order valence-corrected chi connectivity index (χ1v) is 6.47. The summed E-state index contributed by atoms with van der Waals surface area (Å²) in [6.45, 7) is 10.4. The Morgan fingerprint density at radius 3 is 2.94 bits per heavy atom. The summed E-state index contributed by atoms with van der Waals surface area (Å²) in [4.78, 5) is 2.44. The maximum absolute atomic E-state index is 5.67. The molecule has 17 heavy (non-hydrogen) atoms. The number of hydrogen-bond donors (Lipinski definition) is 1. The zero-order valence-electron chi connectivity index (χ0n) is 11.0. The molecule has 1 aromatic rings. The molecule has 0 aliphatic carbocycles. The van der Waals surface area contributed by atoms with Crippen LogP contribution in [0.3, 0.4) is 0 Å². The third-order valence-electron chi connectivity index (χ3n) is 2.91. The first-order chi connectivity index (χ1) is 8.22. The van der Waals surface area contributed by atoms with Gasteiger partial charge >= 0.3 is 0 Å². The Hall–Kier alpha value is -1.38. The number of rotatable bonds is 4. The summed E-state index contributed by atoms with van der Waals surface area (Å²) in [5, 5.41) is 3.45. The molecule has 0 saturated carbocycles. The Kier molecular flexibility index (Phi) is 3.77. The van der Waals surface area contributed by atoms with Crippen LogP contribution in [-0.2, 0) is 0 Å². The zero-order chi connectivity index (χ0) is 12.3. The van der Waals surface area contributed by atoms with Crippen LogP contribution in [0.25, 0.3) is 0 Å². The van der Waals surface area contributed by atoms with Gasteiger partial charge in [0.05, 0.1) is 12.3 Å². The van der Waals surface area contributed by atoms with Gasteiger partial charge in [-0.3, -0.25) is 0 Å². The Morgan fingerprint density at radius 2 is 2.24 bits per heavy atom. The largest absolute Gasteiger partial charge is 0.492 e. The third-order valence-corrected chi connectivity index (χ3v) is 2.91. The van der Waals surface area contributed by atoms with Gasteiger partial charge in [0.2, 0.25) is 0 Å². The molecule has 3 heteroatoms. The van der Waals surface area contributed by atoms with Crippen LogP contribution in [0.4, 0.5) is 11.4 Å². The van der Waals surface area contributed by atoms with Gasteiger partial charge < -0.3 is 15.0 Å². The second-order valence-corrected chi connectivity index (χ2v) is 4.85. The summed E-state index contributed by atoms with van der Waals surface area (Å²) >= 11 is 0. The van der Waals surface area contributed by atoms with Crippen molar-refractivity contribution in [2.75, 3.05) is 36.5 Å². The molecule has 2 rings (SSSR count). The van der Waals surface area contributed by atoms with Gasteiger partial charge in [-0.1, -0.05) is 19.9 Å². The molecule has 0 fully saturated rings. The Bertz CT molecular complexity index is 376. The maximum Gasteiger partial charge on any atom is 0.144 e. The molecule has 94 valence electrons. The Morgan fingerprint density at radius 1 is 1.41 bits per heavy atom. The minimum absolute atomic E-state index is 0.677. The third kappa shape index (κ3) is 2.65. The molecular formula is C14H22N2O. The average Bonchev–Trinajstić information content (AvgIpc) is 2.30. The molecule has 0 amide bonds. The molecule has 0 spiro atoms. The summed E-state index contributed by atoms with van der Waals surface area (Å²) in [6, 6.07) is 6.28. The number of benzene rings is 1. The summed E-state index contributed by atoms with van der Waals surface area (Å²) in [5.41, 5.74) is 2.43. The van der Waals surface area contributed by atoms with Crippen molar-refractivity contribution in [2.24, 2.45) is 5.92 Å². The quantitative estimate of drug-likeness (QED) is 0.866. The standard InChI is InChI=1S/C14H22N2O/c1-4-17-13-7-5-6-12-14(13)15-8-9-16(12)10-11(2)3/h5-7,11,15H,4,8-10H2,1-3H3. The fourth-order valence-electron chi connectivity index (χ4n) is 2.30. The highest BCUT2D eigenvalue weighted by Crippen LogP contribution is 2.37. The van der Waals surface area contributed by atoms with Crippen molar-refractivity contribution in [2.45, 2.75) is 20.8 Å². The topological polar surface area (TPSA) is 24.5 Å². The molecule has 1 aliphatic rings. The van der Waals surface area contributed by atoms with Crippen LogP contribution in [0.5, 0.6) is 5.75 Å². The number of anilines is 2. The highest BCUT2D eigenvalue weighted by molar-refractivity contribution is 5.78. The number of hydrogen-bond acceptors (Lipinski definition) is 3. The molecule has 0 atom stereocenters. The second-order valence-electron chi connectivity index (χ2n) is 4.85. The molecule has 3 nitrogen and oxygen atoms in total. The molecule has 0 unspecified atom stereocenters.